The molecule has 40 heavy (non-hydrogen) atoms. The van der Waals surface area contributed by atoms with Gasteiger partial charge in [0, 0.05) is 30.7 Å². The summed E-state index contributed by atoms with van der Waals surface area (Å²) < 4.78 is 3.05. The molecule has 2 aromatic carbocycles. The molecule has 2 saturated heterocycles. The Balaban J connectivity index is 0.000000161. The number of aryl methyl sites for hydroxylation is 1. The number of nitriles is 2. The van der Waals surface area contributed by atoms with Crippen LogP contribution in [0.1, 0.15) is 18.4 Å². The Labute approximate surface area is 247 Å². The maximum atomic E-state index is 12.2. The third-order valence-electron chi connectivity index (χ3n) is 6.84. The summed E-state index contributed by atoms with van der Waals surface area (Å²) >= 11 is 6.40. The van der Waals surface area contributed by atoms with Crippen LogP contribution >= 0.6 is 38.6 Å². The maximum absolute atomic E-state index is 12.2. The number of para-hydroxylation sites is 1. The number of fused-ring (bicyclic) bond motifs is 2. The molecule has 0 saturated carbocycles. The van der Waals surface area contributed by atoms with Gasteiger partial charge in [0.15, 0.2) is 22.6 Å². The number of hydrogen-bond donors (Lipinski definition) is 2. The van der Waals surface area contributed by atoms with Crippen molar-refractivity contribution >= 4 is 81.1 Å². The first-order chi connectivity index (χ1) is 19.3. The summed E-state index contributed by atoms with van der Waals surface area (Å²) in [7, 11) is 0. The van der Waals surface area contributed by atoms with E-state index in [9.17, 15) is 9.59 Å². The van der Waals surface area contributed by atoms with Crippen molar-refractivity contribution in [3.05, 3.63) is 46.4 Å². The molecular weight excluding hydrogens is 612 g/mol. The Bertz CT molecular complexity index is 1530. The number of nitrogens with one attached hydrogen (secondary N) is 2. The second kappa shape index (κ2) is 12.2. The number of aromatic nitrogens is 2. The van der Waals surface area contributed by atoms with Crippen molar-refractivity contribution < 1.29 is 9.59 Å². The van der Waals surface area contributed by atoms with E-state index in [2.05, 4.69) is 48.9 Å². The molecule has 0 radical (unpaired) electrons. The number of carbonyl (C=O) groups is 2. The van der Waals surface area contributed by atoms with Gasteiger partial charge >= 0.3 is 0 Å². The van der Waals surface area contributed by atoms with E-state index >= 15 is 0 Å². The predicted molar refractivity (Wildman–Crippen MR) is 160 cm³/mol. The molecule has 0 spiro atoms. The fourth-order valence-electron chi connectivity index (χ4n) is 4.65. The van der Waals surface area contributed by atoms with Crippen LogP contribution in [0.5, 0.6) is 0 Å². The number of carbonyl (C=O) groups excluding carboxylic acids is 2. The first-order valence-corrected chi connectivity index (χ1v) is 15.1. The fraction of sp³-hybridized carbons (Fsp3) is 0.333. The molecule has 2 aliphatic rings. The van der Waals surface area contributed by atoms with Crippen molar-refractivity contribution in [2.75, 3.05) is 36.8 Å². The first-order valence-electron chi connectivity index (χ1n) is 12.7. The molecule has 4 aromatic rings. The number of thiazole rings is 2. The van der Waals surface area contributed by atoms with E-state index in [0.29, 0.717) is 42.9 Å². The molecule has 4 heterocycles. The van der Waals surface area contributed by atoms with Gasteiger partial charge in [-0.25, -0.2) is 9.97 Å². The average molecular weight is 638 g/mol. The van der Waals surface area contributed by atoms with Crippen molar-refractivity contribution in [2.24, 2.45) is 11.8 Å². The van der Waals surface area contributed by atoms with Crippen LogP contribution in [0.3, 0.4) is 0 Å². The quantitative estimate of drug-likeness (QED) is 0.293. The lowest BCUT2D eigenvalue weighted by atomic mass is 10.1. The molecular formula is C27H25BrN8O2S2. The van der Waals surface area contributed by atoms with Gasteiger partial charge in [0.1, 0.15) is 0 Å². The van der Waals surface area contributed by atoms with Gasteiger partial charge in [0.05, 0.1) is 32.3 Å². The van der Waals surface area contributed by atoms with Crippen LogP contribution in [0.25, 0.3) is 20.4 Å². The normalized spacial score (nSPS) is 18.2. The van der Waals surface area contributed by atoms with Gasteiger partial charge in [-0.05, 0) is 59.5 Å². The Hall–Kier alpha value is -3.78. The highest BCUT2D eigenvalue weighted by Gasteiger charge is 2.29. The van der Waals surface area contributed by atoms with Gasteiger partial charge < -0.3 is 20.4 Å². The number of benzene rings is 2. The molecule has 2 aromatic heterocycles. The highest BCUT2D eigenvalue weighted by Crippen LogP contribution is 2.32. The number of halogens is 1. The molecule has 2 aliphatic heterocycles. The molecule has 0 aliphatic carbocycles. The predicted octanol–water partition coefficient (Wildman–Crippen LogP) is 5.15. The van der Waals surface area contributed by atoms with Crippen LogP contribution in [0, 0.1) is 41.7 Å². The number of anilines is 2. The molecule has 0 unspecified atom stereocenters. The standard InChI is InChI=1S/C14H14N4OS.C13H11BrN4OS/c1-9-3-2-4-11-12(9)20-14(16-11)17-13(19)10-5-6-18(7-10)8-15;14-9-2-1-3-10-11(9)16-13(20-10)17-12(19)8-4-5-18(6-8)7-15/h2-4,10H,5-7H2,1H3,(H,16,17,19);1-3,8H,4-6H2,(H,16,17,19)/t10-;8-/m00/s1. The molecule has 6 rings (SSSR count). The highest BCUT2D eigenvalue weighted by atomic mass is 79.9. The number of nitrogens with zero attached hydrogens (tertiary/aromatic N) is 6. The summed E-state index contributed by atoms with van der Waals surface area (Å²) in [6, 6.07) is 11.8. The van der Waals surface area contributed by atoms with Gasteiger partial charge in [-0.3, -0.25) is 9.59 Å². The summed E-state index contributed by atoms with van der Waals surface area (Å²) in [6.07, 6.45) is 5.60. The molecule has 2 fully saturated rings. The van der Waals surface area contributed by atoms with Gasteiger partial charge in [0.2, 0.25) is 11.8 Å². The third-order valence-corrected chi connectivity index (χ3v) is 9.54. The van der Waals surface area contributed by atoms with Gasteiger partial charge in [-0.1, -0.05) is 40.9 Å². The van der Waals surface area contributed by atoms with Crippen LogP contribution in [0.15, 0.2) is 40.9 Å². The van der Waals surface area contributed by atoms with E-state index in [-0.39, 0.29) is 23.7 Å². The summed E-state index contributed by atoms with van der Waals surface area (Å²) in [5, 5.41) is 24.6. The van der Waals surface area contributed by atoms with Crippen LogP contribution in [0.2, 0.25) is 0 Å². The van der Waals surface area contributed by atoms with Crippen LogP contribution in [-0.2, 0) is 9.59 Å². The van der Waals surface area contributed by atoms with E-state index in [1.165, 1.54) is 22.7 Å². The molecule has 2 atom stereocenters. The van der Waals surface area contributed by atoms with Gasteiger partial charge in [0.25, 0.3) is 0 Å². The van der Waals surface area contributed by atoms with Crippen molar-refractivity contribution in [3.8, 4) is 12.4 Å². The van der Waals surface area contributed by atoms with Gasteiger partial charge in [-0.2, -0.15) is 10.5 Å². The summed E-state index contributed by atoms with van der Waals surface area (Å²) in [5.74, 6) is -0.356. The summed E-state index contributed by atoms with van der Waals surface area (Å²) in [4.78, 5) is 36.4. The zero-order valence-corrected chi connectivity index (χ0v) is 24.8. The maximum Gasteiger partial charge on any atom is 0.231 e. The minimum Gasteiger partial charge on any atom is -0.310 e. The van der Waals surface area contributed by atoms with E-state index in [1.54, 1.807) is 9.80 Å². The van der Waals surface area contributed by atoms with E-state index < -0.39 is 0 Å². The number of rotatable bonds is 4. The second-order valence-corrected chi connectivity index (χ2v) is 12.5. The average Bonchev–Trinajstić information content (AvgIpc) is 3.75. The third kappa shape index (κ3) is 6.17. The smallest absolute Gasteiger partial charge is 0.231 e. The minimum absolute atomic E-state index is 0.0422. The second-order valence-electron chi connectivity index (χ2n) is 9.59. The Morgan fingerprint density at radius 1 is 0.925 bits per heavy atom. The lowest BCUT2D eigenvalue weighted by Crippen LogP contribution is -2.25. The zero-order chi connectivity index (χ0) is 28.2. The Morgan fingerprint density at radius 3 is 2.08 bits per heavy atom. The molecule has 13 heteroatoms. The zero-order valence-electron chi connectivity index (χ0n) is 21.6. The summed E-state index contributed by atoms with van der Waals surface area (Å²) in [5.41, 5.74) is 2.94. The largest absolute Gasteiger partial charge is 0.310 e. The number of hydrogen-bond acceptors (Lipinski definition) is 10. The van der Waals surface area contributed by atoms with Crippen LogP contribution < -0.4 is 10.6 Å². The van der Waals surface area contributed by atoms with Crippen molar-refractivity contribution in [1.29, 1.82) is 10.5 Å². The fourth-order valence-corrected chi connectivity index (χ4v) is 7.07. The SMILES string of the molecule is Cc1cccc2nc(NC(=O)[C@H]3CCN(C#N)C3)sc12.N#CN1CC[C@H](C(=O)Nc2nc3c(Br)cccc3s2)C1. The number of amides is 2. The van der Waals surface area contributed by atoms with E-state index in [0.717, 1.165) is 36.9 Å². The lowest BCUT2D eigenvalue weighted by Gasteiger charge is -2.08. The van der Waals surface area contributed by atoms with Gasteiger partial charge in [-0.15, -0.1) is 0 Å². The van der Waals surface area contributed by atoms with E-state index in [1.807, 2.05) is 43.3 Å². The van der Waals surface area contributed by atoms with Crippen molar-refractivity contribution in [2.45, 2.75) is 19.8 Å². The lowest BCUT2D eigenvalue weighted by molar-refractivity contribution is -0.120. The molecule has 0 bridgehead atoms. The molecule has 2 N–H and O–H groups in total. The first kappa shape index (κ1) is 27.8. The van der Waals surface area contributed by atoms with Crippen LogP contribution in [-0.4, -0.2) is 57.8 Å². The van der Waals surface area contributed by atoms with E-state index in [4.69, 9.17) is 10.5 Å². The monoisotopic (exact) mass is 636 g/mol. The number of likely N-dealkylation sites (tertiary alicyclic amines) is 2. The highest BCUT2D eigenvalue weighted by molar-refractivity contribution is 9.10. The minimum atomic E-state index is -0.134. The molecule has 2 amide bonds. The summed E-state index contributed by atoms with van der Waals surface area (Å²) in [6.45, 7) is 4.35. The Kier molecular flexibility index (Phi) is 8.45. The van der Waals surface area contributed by atoms with Crippen molar-refractivity contribution in [3.63, 3.8) is 0 Å². The topological polar surface area (TPSA) is 138 Å². The van der Waals surface area contributed by atoms with Crippen LogP contribution in [0.4, 0.5) is 10.3 Å². The molecule has 10 nitrogen and oxygen atoms in total. The molecule has 204 valence electrons. The Morgan fingerprint density at radius 2 is 1.52 bits per heavy atom. The van der Waals surface area contributed by atoms with Crippen molar-refractivity contribution in [1.82, 2.24) is 19.8 Å².